The average Bonchev–Trinajstić information content (AvgIpc) is 3.42. The SMILES string of the molecule is CS(=O)(=O)c1c([C@H]2C[C@H]3CC[C@@H](C2)N3C(=N)N)nc2c(-c3ccc(-c4ccccc4)nc3)cnn2c1N. The Morgan fingerprint density at radius 1 is 1.03 bits per heavy atom. The number of nitrogens with one attached hydrogen (secondary N) is 1. The molecule has 5 heterocycles. The molecular formula is C26H28N8O2S. The summed E-state index contributed by atoms with van der Waals surface area (Å²) in [5, 5.41) is 12.4. The van der Waals surface area contributed by atoms with E-state index in [1.165, 1.54) is 4.52 Å². The van der Waals surface area contributed by atoms with Crippen molar-refractivity contribution in [3.05, 3.63) is 60.6 Å². The number of fused-ring (bicyclic) bond motifs is 3. The lowest BCUT2D eigenvalue weighted by Crippen LogP contribution is -2.49. The maximum atomic E-state index is 12.9. The molecule has 2 aliphatic rings. The summed E-state index contributed by atoms with van der Waals surface area (Å²) in [5.74, 6) is 0.0113. The van der Waals surface area contributed by atoms with Gasteiger partial charge in [0.15, 0.2) is 21.4 Å². The van der Waals surface area contributed by atoms with Crippen molar-refractivity contribution in [2.24, 2.45) is 5.73 Å². The Morgan fingerprint density at radius 2 is 1.73 bits per heavy atom. The molecule has 2 aliphatic heterocycles. The summed E-state index contributed by atoms with van der Waals surface area (Å²) in [7, 11) is -3.68. The van der Waals surface area contributed by atoms with Crippen molar-refractivity contribution in [2.75, 3.05) is 12.0 Å². The highest BCUT2D eigenvalue weighted by atomic mass is 32.2. The van der Waals surface area contributed by atoms with Gasteiger partial charge in [-0.3, -0.25) is 10.4 Å². The third-order valence-electron chi connectivity index (χ3n) is 7.58. The van der Waals surface area contributed by atoms with E-state index in [0.29, 0.717) is 24.2 Å². The Bertz CT molecular complexity index is 1600. The number of sulfone groups is 1. The smallest absolute Gasteiger partial charge is 0.188 e. The van der Waals surface area contributed by atoms with Crippen molar-refractivity contribution >= 4 is 27.3 Å². The largest absolute Gasteiger partial charge is 0.382 e. The van der Waals surface area contributed by atoms with Gasteiger partial charge in [0.2, 0.25) is 0 Å². The second kappa shape index (κ2) is 8.55. The number of pyridine rings is 1. The predicted octanol–water partition coefficient (Wildman–Crippen LogP) is 3.05. The first-order valence-corrected chi connectivity index (χ1v) is 14.1. The van der Waals surface area contributed by atoms with Gasteiger partial charge in [-0.1, -0.05) is 36.4 Å². The number of rotatable bonds is 4. The maximum absolute atomic E-state index is 12.9. The third kappa shape index (κ3) is 3.90. The van der Waals surface area contributed by atoms with Crippen molar-refractivity contribution in [1.29, 1.82) is 5.41 Å². The number of anilines is 1. The highest BCUT2D eigenvalue weighted by Crippen LogP contribution is 2.45. The lowest BCUT2D eigenvalue weighted by molar-refractivity contribution is 0.208. The van der Waals surface area contributed by atoms with E-state index < -0.39 is 9.84 Å². The number of guanidine groups is 1. The van der Waals surface area contributed by atoms with Gasteiger partial charge in [-0.15, -0.1) is 0 Å². The van der Waals surface area contributed by atoms with Gasteiger partial charge in [-0.25, -0.2) is 13.4 Å². The monoisotopic (exact) mass is 516 g/mol. The van der Waals surface area contributed by atoms with E-state index in [1.54, 1.807) is 12.4 Å². The van der Waals surface area contributed by atoms with Gasteiger partial charge in [0, 0.05) is 47.1 Å². The number of nitrogens with zero attached hydrogens (tertiary/aromatic N) is 5. The van der Waals surface area contributed by atoms with Crippen LogP contribution in [0.1, 0.15) is 37.3 Å². The highest BCUT2D eigenvalue weighted by Gasteiger charge is 2.44. The van der Waals surface area contributed by atoms with Gasteiger partial charge < -0.3 is 16.4 Å². The van der Waals surface area contributed by atoms with E-state index in [2.05, 4.69) is 10.1 Å². The molecule has 3 aromatic heterocycles. The van der Waals surface area contributed by atoms with E-state index in [1.807, 2.05) is 47.4 Å². The number of nitrogen functional groups attached to an aromatic ring is 1. The van der Waals surface area contributed by atoms with Gasteiger partial charge in [0.25, 0.3) is 0 Å². The van der Waals surface area contributed by atoms with Crippen molar-refractivity contribution in [3.63, 3.8) is 0 Å². The molecule has 2 bridgehead atoms. The molecule has 6 rings (SSSR count). The lowest BCUT2D eigenvalue weighted by atomic mass is 9.88. The molecule has 0 spiro atoms. The normalized spacial score (nSPS) is 21.4. The summed E-state index contributed by atoms with van der Waals surface area (Å²) < 4.78 is 27.3. The van der Waals surface area contributed by atoms with Crippen LogP contribution in [-0.2, 0) is 9.84 Å². The Morgan fingerprint density at radius 3 is 2.32 bits per heavy atom. The van der Waals surface area contributed by atoms with E-state index in [-0.39, 0.29) is 34.7 Å². The maximum Gasteiger partial charge on any atom is 0.188 e. The number of nitrogens with two attached hydrogens (primary N) is 2. The molecule has 1 aromatic carbocycles. The fourth-order valence-electron chi connectivity index (χ4n) is 6.00. The van der Waals surface area contributed by atoms with Crippen LogP contribution in [0, 0.1) is 5.41 Å². The molecular weight excluding hydrogens is 488 g/mol. The Balaban J connectivity index is 1.46. The summed E-state index contributed by atoms with van der Waals surface area (Å²) >= 11 is 0. The van der Waals surface area contributed by atoms with Gasteiger partial charge >= 0.3 is 0 Å². The molecule has 0 radical (unpaired) electrons. The molecule has 190 valence electrons. The third-order valence-corrected chi connectivity index (χ3v) is 8.74. The Labute approximate surface area is 214 Å². The van der Waals surface area contributed by atoms with Gasteiger partial charge in [0.1, 0.15) is 10.7 Å². The minimum absolute atomic E-state index is 0.0351. The minimum Gasteiger partial charge on any atom is -0.382 e. The quantitative estimate of drug-likeness (QED) is 0.276. The number of hydrogen-bond acceptors (Lipinski definition) is 7. The number of benzene rings is 1. The first-order valence-electron chi connectivity index (χ1n) is 12.2. The second-order valence-electron chi connectivity index (χ2n) is 9.92. The van der Waals surface area contributed by atoms with Crippen LogP contribution >= 0.6 is 0 Å². The molecule has 5 N–H and O–H groups in total. The van der Waals surface area contributed by atoms with Crippen LogP contribution in [0.5, 0.6) is 0 Å². The van der Waals surface area contributed by atoms with E-state index in [9.17, 15) is 8.42 Å². The van der Waals surface area contributed by atoms with Crippen LogP contribution < -0.4 is 11.5 Å². The summed E-state index contributed by atoms with van der Waals surface area (Å²) in [5.41, 5.74) is 16.7. The van der Waals surface area contributed by atoms with Gasteiger partial charge in [-0.2, -0.15) is 9.61 Å². The zero-order valence-electron chi connectivity index (χ0n) is 20.4. The zero-order chi connectivity index (χ0) is 25.9. The van der Waals surface area contributed by atoms with Crippen LogP contribution in [0.2, 0.25) is 0 Å². The highest BCUT2D eigenvalue weighted by molar-refractivity contribution is 7.91. The van der Waals surface area contributed by atoms with Crippen molar-refractivity contribution in [1.82, 2.24) is 24.5 Å². The van der Waals surface area contributed by atoms with Crippen LogP contribution in [0.15, 0.2) is 59.8 Å². The molecule has 0 saturated carbocycles. The molecule has 2 saturated heterocycles. The fourth-order valence-corrected chi connectivity index (χ4v) is 7.06. The number of aromatic nitrogens is 4. The lowest BCUT2D eigenvalue weighted by Gasteiger charge is -2.39. The molecule has 0 amide bonds. The summed E-state index contributed by atoms with van der Waals surface area (Å²) in [6.07, 6.45) is 7.75. The zero-order valence-corrected chi connectivity index (χ0v) is 21.2. The van der Waals surface area contributed by atoms with Crippen molar-refractivity contribution in [2.45, 2.75) is 48.6 Å². The van der Waals surface area contributed by atoms with Crippen LogP contribution in [0.25, 0.3) is 28.0 Å². The second-order valence-corrected chi connectivity index (χ2v) is 11.9. The molecule has 2 fully saturated rings. The summed E-state index contributed by atoms with van der Waals surface area (Å²) in [6.45, 7) is 0. The predicted molar refractivity (Wildman–Crippen MR) is 142 cm³/mol. The van der Waals surface area contributed by atoms with Crippen LogP contribution in [0.4, 0.5) is 5.82 Å². The molecule has 11 heteroatoms. The minimum atomic E-state index is -3.68. The van der Waals surface area contributed by atoms with Gasteiger partial charge in [-0.05, 0) is 31.7 Å². The standard InChI is InChI=1S/C26H28N8O2S/c1-37(35,36)23-22(17-11-18-8-9-19(12-17)33(18)26(28)29)32-25-20(14-31-34(25)24(23)27)16-7-10-21(30-13-16)15-5-3-2-4-6-15/h2-7,10,13-14,17-19H,8-9,11-12,27H2,1H3,(H3,28,29)/t17-,18+,19-. The number of piperidine rings is 1. The molecule has 3 atom stereocenters. The molecule has 0 aliphatic carbocycles. The first kappa shape index (κ1) is 23.4. The molecule has 0 unspecified atom stereocenters. The summed E-state index contributed by atoms with van der Waals surface area (Å²) in [4.78, 5) is 11.5. The van der Waals surface area contributed by atoms with Crippen molar-refractivity contribution in [3.8, 4) is 22.4 Å². The summed E-state index contributed by atoms with van der Waals surface area (Å²) in [6, 6.07) is 14.0. The molecule has 4 aromatic rings. The molecule has 10 nitrogen and oxygen atoms in total. The van der Waals surface area contributed by atoms with E-state index in [0.717, 1.165) is 41.5 Å². The Kier molecular flexibility index (Phi) is 5.41. The fraction of sp³-hybridized carbons (Fsp3) is 0.308. The average molecular weight is 517 g/mol. The van der Waals surface area contributed by atoms with Gasteiger partial charge in [0.05, 0.1) is 17.6 Å². The Hall–Kier alpha value is -3.99. The van der Waals surface area contributed by atoms with Crippen LogP contribution in [0.3, 0.4) is 0 Å². The van der Waals surface area contributed by atoms with Crippen molar-refractivity contribution < 1.29 is 8.42 Å². The topological polar surface area (TPSA) is 156 Å². The van der Waals surface area contributed by atoms with Crippen LogP contribution in [-0.4, -0.2) is 57.2 Å². The molecule has 37 heavy (non-hydrogen) atoms. The van der Waals surface area contributed by atoms with E-state index >= 15 is 0 Å². The number of hydrogen-bond donors (Lipinski definition) is 3. The first-order chi connectivity index (χ1) is 17.7. The van der Waals surface area contributed by atoms with E-state index in [4.69, 9.17) is 21.9 Å².